The van der Waals surface area contributed by atoms with Crippen LogP contribution in [0.5, 0.6) is 5.88 Å². The van der Waals surface area contributed by atoms with E-state index in [4.69, 9.17) is 9.47 Å². The number of amides is 2. The van der Waals surface area contributed by atoms with E-state index in [0.717, 1.165) is 5.56 Å². The fourth-order valence-corrected chi connectivity index (χ4v) is 3.99. The molecule has 1 atom stereocenters. The summed E-state index contributed by atoms with van der Waals surface area (Å²) in [6.07, 6.45) is 1.94. The summed E-state index contributed by atoms with van der Waals surface area (Å²) in [7, 11) is 0. The highest BCUT2D eigenvalue weighted by Crippen LogP contribution is 2.33. The van der Waals surface area contributed by atoms with Crippen LogP contribution in [-0.2, 0) is 11.2 Å². The highest BCUT2D eigenvalue weighted by atomic mass is 16.6. The second-order valence-electron chi connectivity index (χ2n) is 7.11. The van der Waals surface area contributed by atoms with E-state index >= 15 is 0 Å². The maximum Gasteiger partial charge on any atom is 0.410 e. The smallest absolute Gasteiger partial charge is 0.410 e. The Morgan fingerprint density at radius 2 is 2.04 bits per heavy atom. The summed E-state index contributed by atoms with van der Waals surface area (Å²) in [6.45, 7) is 3.87. The molecule has 2 aliphatic rings. The number of aromatic nitrogens is 1. The Kier molecular flexibility index (Phi) is 4.90. The molecule has 0 saturated carbocycles. The molecule has 3 heterocycles. The maximum atomic E-state index is 13.2. The standard InChI is InChI=1S/C21H23N3O4/c1-2-27-18-17(9-6-10-22-18)19(25)23-11-12-24-20(26)28-15-21(24,14-23)13-16-7-4-3-5-8-16/h3-10H,2,11-15H2,1H3. The highest BCUT2D eigenvalue weighted by Gasteiger charge is 2.51. The van der Waals surface area contributed by atoms with Crippen molar-refractivity contribution >= 4 is 12.0 Å². The van der Waals surface area contributed by atoms with E-state index in [1.807, 2.05) is 37.3 Å². The Labute approximate surface area is 163 Å². The lowest BCUT2D eigenvalue weighted by Crippen LogP contribution is -2.63. The lowest BCUT2D eigenvalue weighted by molar-refractivity contribution is 0.0372. The zero-order valence-electron chi connectivity index (χ0n) is 15.8. The van der Waals surface area contributed by atoms with Gasteiger partial charge in [-0.2, -0.15) is 0 Å². The molecule has 7 nitrogen and oxygen atoms in total. The van der Waals surface area contributed by atoms with Crippen molar-refractivity contribution in [2.24, 2.45) is 0 Å². The van der Waals surface area contributed by atoms with Crippen molar-refractivity contribution in [2.75, 3.05) is 32.8 Å². The first-order valence-electron chi connectivity index (χ1n) is 9.48. The van der Waals surface area contributed by atoms with Crippen molar-refractivity contribution in [3.63, 3.8) is 0 Å². The SMILES string of the molecule is CCOc1ncccc1C(=O)N1CCN2C(=O)OCC2(Cc2ccccc2)C1. The molecule has 2 amide bonds. The van der Waals surface area contributed by atoms with E-state index < -0.39 is 5.54 Å². The van der Waals surface area contributed by atoms with Gasteiger partial charge in [-0.25, -0.2) is 9.78 Å². The number of benzene rings is 1. The normalized spacial score (nSPS) is 21.2. The first-order chi connectivity index (χ1) is 13.6. The van der Waals surface area contributed by atoms with Crippen LogP contribution in [0.3, 0.4) is 0 Å². The molecule has 1 unspecified atom stereocenters. The summed E-state index contributed by atoms with van der Waals surface area (Å²) in [6, 6.07) is 13.4. The molecule has 0 bridgehead atoms. The van der Waals surface area contributed by atoms with Gasteiger partial charge in [0.2, 0.25) is 5.88 Å². The van der Waals surface area contributed by atoms with Crippen LogP contribution in [0.1, 0.15) is 22.8 Å². The van der Waals surface area contributed by atoms with E-state index in [0.29, 0.717) is 44.1 Å². The Morgan fingerprint density at radius 1 is 1.21 bits per heavy atom. The Morgan fingerprint density at radius 3 is 2.82 bits per heavy atom. The number of hydrogen-bond acceptors (Lipinski definition) is 5. The molecule has 2 aromatic rings. The molecule has 1 aromatic heterocycles. The number of carbonyl (C=O) groups is 2. The van der Waals surface area contributed by atoms with E-state index in [1.165, 1.54) is 0 Å². The summed E-state index contributed by atoms with van der Waals surface area (Å²) in [5.74, 6) is 0.205. The van der Waals surface area contributed by atoms with Gasteiger partial charge in [0.05, 0.1) is 6.61 Å². The largest absolute Gasteiger partial charge is 0.477 e. The quantitative estimate of drug-likeness (QED) is 0.795. The van der Waals surface area contributed by atoms with Crippen LogP contribution >= 0.6 is 0 Å². The van der Waals surface area contributed by atoms with Gasteiger partial charge in [-0.15, -0.1) is 0 Å². The number of hydrogen-bond donors (Lipinski definition) is 0. The predicted octanol–water partition coefficient (Wildman–Crippen LogP) is 2.37. The minimum Gasteiger partial charge on any atom is -0.477 e. The number of rotatable bonds is 5. The number of carbonyl (C=O) groups excluding carboxylic acids is 2. The first-order valence-corrected chi connectivity index (χ1v) is 9.48. The monoisotopic (exact) mass is 381 g/mol. The van der Waals surface area contributed by atoms with E-state index in [-0.39, 0.29) is 18.6 Å². The van der Waals surface area contributed by atoms with Gasteiger partial charge < -0.3 is 14.4 Å². The van der Waals surface area contributed by atoms with Crippen molar-refractivity contribution < 1.29 is 19.1 Å². The molecular formula is C21H23N3O4. The van der Waals surface area contributed by atoms with Gasteiger partial charge in [-0.05, 0) is 24.6 Å². The molecule has 2 aliphatic heterocycles. The molecule has 7 heteroatoms. The zero-order valence-corrected chi connectivity index (χ0v) is 15.8. The van der Waals surface area contributed by atoms with Crippen LogP contribution in [0.15, 0.2) is 48.7 Å². The molecule has 0 N–H and O–H groups in total. The molecule has 2 fully saturated rings. The summed E-state index contributed by atoms with van der Waals surface area (Å²) in [5.41, 5.74) is 0.995. The van der Waals surface area contributed by atoms with Gasteiger partial charge in [0, 0.05) is 32.3 Å². The Balaban J connectivity index is 1.61. The molecule has 2 saturated heterocycles. The van der Waals surface area contributed by atoms with Gasteiger partial charge in [0.15, 0.2) is 0 Å². The number of cyclic esters (lactones) is 1. The fourth-order valence-electron chi connectivity index (χ4n) is 3.99. The average Bonchev–Trinajstić information content (AvgIpc) is 3.04. The van der Waals surface area contributed by atoms with Crippen LogP contribution in [-0.4, -0.2) is 65.2 Å². The molecule has 0 spiro atoms. The summed E-state index contributed by atoms with van der Waals surface area (Å²) in [4.78, 5) is 33.2. The van der Waals surface area contributed by atoms with Crippen LogP contribution in [0.2, 0.25) is 0 Å². The van der Waals surface area contributed by atoms with Crippen molar-refractivity contribution in [3.8, 4) is 5.88 Å². The van der Waals surface area contributed by atoms with Crippen LogP contribution < -0.4 is 4.74 Å². The molecule has 28 heavy (non-hydrogen) atoms. The molecule has 0 radical (unpaired) electrons. The number of piperazine rings is 1. The number of fused-ring (bicyclic) bond motifs is 1. The third-order valence-corrected chi connectivity index (χ3v) is 5.28. The summed E-state index contributed by atoms with van der Waals surface area (Å²) >= 11 is 0. The van der Waals surface area contributed by atoms with Crippen LogP contribution in [0.4, 0.5) is 4.79 Å². The van der Waals surface area contributed by atoms with Gasteiger partial charge in [-0.1, -0.05) is 30.3 Å². The summed E-state index contributed by atoms with van der Waals surface area (Å²) < 4.78 is 10.9. The van der Waals surface area contributed by atoms with Gasteiger partial charge >= 0.3 is 6.09 Å². The lowest BCUT2D eigenvalue weighted by Gasteiger charge is -2.44. The third-order valence-electron chi connectivity index (χ3n) is 5.28. The van der Waals surface area contributed by atoms with Crippen molar-refractivity contribution in [1.82, 2.24) is 14.8 Å². The van der Waals surface area contributed by atoms with E-state index in [2.05, 4.69) is 4.98 Å². The third kappa shape index (κ3) is 3.28. The van der Waals surface area contributed by atoms with Gasteiger partial charge in [0.25, 0.3) is 5.91 Å². The van der Waals surface area contributed by atoms with Crippen LogP contribution in [0.25, 0.3) is 0 Å². The molecule has 146 valence electrons. The fraction of sp³-hybridized carbons (Fsp3) is 0.381. The molecule has 0 aliphatic carbocycles. The van der Waals surface area contributed by atoms with E-state index in [1.54, 1.807) is 28.1 Å². The van der Waals surface area contributed by atoms with Gasteiger partial charge in [0.1, 0.15) is 17.7 Å². The Bertz CT molecular complexity index is 873. The minimum absolute atomic E-state index is 0.136. The maximum absolute atomic E-state index is 13.2. The minimum atomic E-state index is -0.555. The predicted molar refractivity (Wildman–Crippen MR) is 102 cm³/mol. The molecule has 4 rings (SSSR count). The lowest BCUT2D eigenvalue weighted by atomic mass is 9.88. The highest BCUT2D eigenvalue weighted by molar-refractivity contribution is 5.96. The average molecular weight is 381 g/mol. The molecular weight excluding hydrogens is 358 g/mol. The van der Waals surface area contributed by atoms with Gasteiger partial charge in [-0.3, -0.25) is 9.69 Å². The van der Waals surface area contributed by atoms with E-state index in [9.17, 15) is 9.59 Å². The first kappa shape index (κ1) is 18.3. The number of pyridine rings is 1. The van der Waals surface area contributed by atoms with Crippen molar-refractivity contribution in [2.45, 2.75) is 18.9 Å². The second-order valence-corrected chi connectivity index (χ2v) is 7.11. The van der Waals surface area contributed by atoms with Crippen molar-refractivity contribution in [1.29, 1.82) is 0 Å². The van der Waals surface area contributed by atoms with Crippen molar-refractivity contribution in [3.05, 3.63) is 59.8 Å². The van der Waals surface area contributed by atoms with Crippen LogP contribution in [0, 0.1) is 0 Å². The number of nitrogens with zero attached hydrogens (tertiary/aromatic N) is 3. The zero-order chi connectivity index (χ0) is 19.6. The molecule has 1 aromatic carbocycles. The second kappa shape index (κ2) is 7.50. The Hall–Kier alpha value is -3.09. The number of ether oxygens (including phenoxy) is 2. The topological polar surface area (TPSA) is 72.0 Å². The summed E-state index contributed by atoms with van der Waals surface area (Å²) in [5, 5.41) is 0.